The van der Waals surface area contributed by atoms with E-state index in [0.29, 0.717) is 42.2 Å². The minimum Gasteiger partial charge on any atom is -0.341 e. The highest BCUT2D eigenvalue weighted by atomic mass is 35.5. The second kappa shape index (κ2) is 10.9. The molecular weight excluding hydrogens is 452 g/mol. The lowest BCUT2D eigenvalue weighted by atomic mass is 9.88. The summed E-state index contributed by atoms with van der Waals surface area (Å²) in [6, 6.07) is 13.6. The highest BCUT2D eigenvalue weighted by Gasteiger charge is 2.36. The van der Waals surface area contributed by atoms with Crippen LogP contribution in [0.3, 0.4) is 0 Å². The fraction of sp³-hybridized carbons (Fsp3) is 0.423. The molecule has 0 spiro atoms. The molecule has 0 aliphatic carbocycles. The third-order valence-corrected chi connectivity index (χ3v) is 6.89. The van der Waals surface area contributed by atoms with Crippen LogP contribution in [0, 0.1) is 12.8 Å². The van der Waals surface area contributed by atoms with Gasteiger partial charge in [-0.05, 0) is 68.9 Å². The number of urea groups is 1. The van der Waals surface area contributed by atoms with Crippen molar-refractivity contribution >= 4 is 35.1 Å². The molecule has 0 radical (unpaired) electrons. The molecule has 2 aliphatic rings. The fourth-order valence-electron chi connectivity index (χ4n) is 4.65. The maximum atomic E-state index is 13.4. The van der Waals surface area contributed by atoms with Crippen molar-refractivity contribution < 1.29 is 14.4 Å². The van der Waals surface area contributed by atoms with E-state index in [0.717, 1.165) is 31.5 Å². The monoisotopic (exact) mass is 482 g/mol. The third kappa shape index (κ3) is 5.89. The quantitative estimate of drug-likeness (QED) is 0.666. The normalized spacial score (nSPS) is 17.4. The van der Waals surface area contributed by atoms with E-state index in [4.69, 9.17) is 11.6 Å². The van der Waals surface area contributed by atoms with Crippen molar-refractivity contribution in [1.82, 2.24) is 15.1 Å². The molecule has 34 heavy (non-hydrogen) atoms. The number of nitrogens with one attached hydrogen (secondary N) is 2. The van der Waals surface area contributed by atoms with Crippen LogP contribution in [0.15, 0.2) is 48.5 Å². The largest absolute Gasteiger partial charge is 0.341 e. The van der Waals surface area contributed by atoms with Gasteiger partial charge in [-0.25, -0.2) is 4.79 Å². The zero-order valence-electron chi connectivity index (χ0n) is 19.4. The van der Waals surface area contributed by atoms with Gasteiger partial charge >= 0.3 is 6.03 Å². The molecule has 4 amide bonds. The van der Waals surface area contributed by atoms with Crippen LogP contribution in [0.1, 0.15) is 41.6 Å². The molecule has 8 heteroatoms. The number of carbonyl (C=O) groups excluding carboxylic acids is 3. The van der Waals surface area contributed by atoms with E-state index >= 15 is 0 Å². The molecule has 2 aliphatic heterocycles. The lowest BCUT2D eigenvalue weighted by molar-refractivity contribution is -0.134. The van der Waals surface area contributed by atoms with Gasteiger partial charge in [-0.2, -0.15) is 0 Å². The van der Waals surface area contributed by atoms with Crippen LogP contribution in [0.4, 0.5) is 10.5 Å². The molecule has 180 valence electrons. The Morgan fingerprint density at radius 1 is 0.941 bits per heavy atom. The average molecular weight is 483 g/mol. The third-order valence-electron chi connectivity index (χ3n) is 6.66. The predicted octanol–water partition coefficient (Wildman–Crippen LogP) is 4.31. The van der Waals surface area contributed by atoms with Gasteiger partial charge < -0.3 is 20.4 Å². The van der Waals surface area contributed by atoms with Crippen molar-refractivity contribution in [1.29, 1.82) is 0 Å². The van der Waals surface area contributed by atoms with E-state index in [2.05, 4.69) is 10.6 Å². The van der Waals surface area contributed by atoms with E-state index in [1.165, 1.54) is 0 Å². The number of likely N-dealkylation sites (tertiary alicyclic amines) is 2. The first-order valence-electron chi connectivity index (χ1n) is 11.9. The summed E-state index contributed by atoms with van der Waals surface area (Å²) < 4.78 is 0. The molecule has 2 N–H and O–H groups in total. The molecule has 4 rings (SSSR count). The number of amides is 4. The number of nitrogens with zero attached hydrogens (tertiary/aromatic N) is 2. The van der Waals surface area contributed by atoms with Gasteiger partial charge in [0.15, 0.2) is 0 Å². The Balaban J connectivity index is 1.41. The summed E-state index contributed by atoms with van der Waals surface area (Å²) in [5.74, 6) is -0.281. The average Bonchev–Trinajstić information content (AvgIpc) is 3.38. The zero-order valence-corrected chi connectivity index (χ0v) is 20.2. The number of carbonyl (C=O) groups is 3. The molecule has 0 saturated carbocycles. The van der Waals surface area contributed by atoms with Gasteiger partial charge in [0.25, 0.3) is 5.91 Å². The summed E-state index contributed by atoms with van der Waals surface area (Å²) in [5, 5.41) is 6.46. The van der Waals surface area contributed by atoms with Crippen LogP contribution in [0.5, 0.6) is 0 Å². The van der Waals surface area contributed by atoms with Crippen LogP contribution < -0.4 is 10.6 Å². The van der Waals surface area contributed by atoms with Crippen molar-refractivity contribution in [2.24, 2.45) is 5.92 Å². The van der Waals surface area contributed by atoms with E-state index in [1.807, 2.05) is 24.0 Å². The van der Waals surface area contributed by atoms with Gasteiger partial charge in [-0.1, -0.05) is 35.4 Å². The molecule has 2 aromatic rings. The molecule has 0 aromatic heterocycles. The van der Waals surface area contributed by atoms with Gasteiger partial charge in [0.2, 0.25) is 5.91 Å². The Hall–Kier alpha value is -3.06. The number of piperidine rings is 1. The number of benzene rings is 2. The summed E-state index contributed by atoms with van der Waals surface area (Å²) in [4.78, 5) is 42.6. The molecule has 2 aromatic carbocycles. The molecule has 1 unspecified atom stereocenters. The standard InChI is InChI=1S/C26H31ClN4O3/c1-18-7-9-20(10-8-18)24(32)29-23(25(33)30-13-2-3-14-30)19-11-15-31(16-12-19)26(34)28-22-6-4-5-21(27)17-22/h4-10,17,19,23H,2-3,11-16H2,1H3,(H,28,34)(H,29,32). The van der Waals surface area contributed by atoms with Gasteiger partial charge in [0.05, 0.1) is 0 Å². The maximum absolute atomic E-state index is 13.4. The number of rotatable bonds is 5. The molecule has 7 nitrogen and oxygen atoms in total. The molecular formula is C26H31ClN4O3. The summed E-state index contributed by atoms with van der Waals surface area (Å²) in [7, 11) is 0. The fourth-order valence-corrected chi connectivity index (χ4v) is 4.84. The molecule has 1 atom stereocenters. The van der Waals surface area contributed by atoms with Crippen molar-refractivity contribution in [3.63, 3.8) is 0 Å². The smallest absolute Gasteiger partial charge is 0.321 e. The van der Waals surface area contributed by atoms with Crippen LogP contribution in [-0.4, -0.2) is 59.9 Å². The second-order valence-corrected chi connectivity index (χ2v) is 9.55. The van der Waals surface area contributed by atoms with Crippen LogP contribution in [-0.2, 0) is 4.79 Å². The topological polar surface area (TPSA) is 81.8 Å². The van der Waals surface area contributed by atoms with Crippen molar-refractivity contribution in [2.75, 3.05) is 31.5 Å². The first-order valence-corrected chi connectivity index (χ1v) is 12.3. The highest BCUT2D eigenvalue weighted by molar-refractivity contribution is 6.30. The zero-order chi connectivity index (χ0) is 24.1. The van der Waals surface area contributed by atoms with Gasteiger partial charge in [-0.15, -0.1) is 0 Å². The molecule has 2 saturated heterocycles. The van der Waals surface area contributed by atoms with Gasteiger partial charge in [-0.3, -0.25) is 9.59 Å². The van der Waals surface area contributed by atoms with E-state index < -0.39 is 6.04 Å². The Morgan fingerprint density at radius 2 is 1.62 bits per heavy atom. The number of aryl methyl sites for hydroxylation is 1. The summed E-state index contributed by atoms with van der Waals surface area (Å²) in [6.45, 7) is 4.47. The Kier molecular flexibility index (Phi) is 7.73. The van der Waals surface area contributed by atoms with Crippen molar-refractivity contribution in [2.45, 2.75) is 38.6 Å². The van der Waals surface area contributed by atoms with Gasteiger partial charge in [0.1, 0.15) is 6.04 Å². The Bertz CT molecular complexity index is 1030. The van der Waals surface area contributed by atoms with Crippen molar-refractivity contribution in [3.05, 3.63) is 64.7 Å². The van der Waals surface area contributed by atoms with E-state index in [-0.39, 0.29) is 23.8 Å². The Morgan fingerprint density at radius 3 is 2.26 bits per heavy atom. The lowest BCUT2D eigenvalue weighted by Crippen LogP contribution is -2.54. The maximum Gasteiger partial charge on any atom is 0.321 e. The number of anilines is 1. The summed E-state index contributed by atoms with van der Waals surface area (Å²) in [5.41, 5.74) is 2.26. The molecule has 0 bridgehead atoms. The first kappa shape index (κ1) is 24.1. The van der Waals surface area contributed by atoms with Crippen LogP contribution >= 0.6 is 11.6 Å². The van der Waals surface area contributed by atoms with Gasteiger partial charge in [0, 0.05) is 42.5 Å². The second-order valence-electron chi connectivity index (χ2n) is 9.11. The molecule has 2 heterocycles. The number of hydrogen-bond donors (Lipinski definition) is 2. The van der Waals surface area contributed by atoms with E-state index in [9.17, 15) is 14.4 Å². The molecule has 2 fully saturated rings. The first-order chi connectivity index (χ1) is 16.4. The SMILES string of the molecule is Cc1ccc(C(=O)NC(C(=O)N2CCCC2)C2CCN(C(=O)Nc3cccc(Cl)c3)CC2)cc1. The van der Waals surface area contributed by atoms with E-state index in [1.54, 1.807) is 41.3 Å². The summed E-state index contributed by atoms with van der Waals surface area (Å²) >= 11 is 6.01. The van der Waals surface area contributed by atoms with Crippen LogP contribution in [0.2, 0.25) is 5.02 Å². The number of hydrogen-bond acceptors (Lipinski definition) is 3. The Labute approximate surface area is 205 Å². The highest BCUT2D eigenvalue weighted by Crippen LogP contribution is 2.25. The minimum atomic E-state index is -0.593. The lowest BCUT2D eigenvalue weighted by Gasteiger charge is -2.37. The number of halogens is 1. The van der Waals surface area contributed by atoms with Crippen molar-refractivity contribution in [3.8, 4) is 0 Å². The predicted molar refractivity (Wildman–Crippen MR) is 133 cm³/mol. The summed E-state index contributed by atoms with van der Waals surface area (Å²) in [6.07, 6.45) is 3.27. The van der Waals surface area contributed by atoms with Crippen LogP contribution in [0.25, 0.3) is 0 Å². The minimum absolute atomic E-state index is 0.0141.